The number of rotatable bonds is 4. The maximum atomic E-state index is 12.8. The van der Waals surface area contributed by atoms with E-state index in [4.69, 9.17) is 4.74 Å². The Morgan fingerprint density at radius 1 is 1.04 bits per heavy atom. The normalized spacial score (nSPS) is 16.8. The lowest BCUT2D eigenvalue weighted by atomic mass is 9.95. The summed E-state index contributed by atoms with van der Waals surface area (Å²) in [5.41, 5.74) is 2.34. The molecule has 1 saturated heterocycles. The van der Waals surface area contributed by atoms with Crippen LogP contribution in [-0.4, -0.2) is 37.9 Å². The molecule has 2 heterocycles. The van der Waals surface area contributed by atoms with E-state index in [1.54, 1.807) is 35.7 Å². The molecule has 4 rings (SSSR count). The number of hydrogen-bond acceptors (Lipinski definition) is 3. The van der Waals surface area contributed by atoms with Gasteiger partial charge in [0.15, 0.2) is 0 Å². The molecule has 0 radical (unpaired) electrons. The third-order valence-corrected chi connectivity index (χ3v) is 7.05. The summed E-state index contributed by atoms with van der Waals surface area (Å²) in [5, 5.41) is 1.20. The number of aromatic nitrogens is 1. The van der Waals surface area contributed by atoms with E-state index in [1.165, 1.54) is 11.1 Å². The van der Waals surface area contributed by atoms with Gasteiger partial charge < -0.3 is 9.72 Å². The van der Waals surface area contributed by atoms with E-state index in [0.717, 1.165) is 18.4 Å². The SMILES string of the molecule is COc1ccc(S(=O)(=O)N2CCC(c3cc4ccccc4[nH]3)CC2)cc1. The van der Waals surface area contributed by atoms with Crippen LogP contribution in [0.3, 0.4) is 0 Å². The van der Waals surface area contributed by atoms with Gasteiger partial charge in [0.05, 0.1) is 12.0 Å². The van der Waals surface area contributed by atoms with Crippen molar-refractivity contribution in [2.75, 3.05) is 20.2 Å². The highest BCUT2D eigenvalue weighted by atomic mass is 32.2. The van der Waals surface area contributed by atoms with Crippen molar-refractivity contribution in [3.63, 3.8) is 0 Å². The van der Waals surface area contributed by atoms with Crippen LogP contribution in [0.5, 0.6) is 5.75 Å². The Balaban J connectivity index is 1.48. The number of fused-ring (bicyclic) bond motifs is 1. The maximum Gasteiger partial charge on any atom is 0.243 e. The molecule has 0 unspecified atom stereocenters. The van der Waals surface area contributed by atoms with Gasteiger partial charge in [-0.2, -0.15) is 4.31 Å². The predicted octanol–water partition coefficient (Wildman–Crippen LogP) is 3.74. The summed E-state index contributed by atoms with van der Waals surface area (Å²) in [6, 6.07) is 17.0. The van der Waals surface area contributed by atoms with Crippen molar-refractivity contribution < 1.29 is 13.2 Å². The van der Waals surface area contributed by atoms with Gasteiger partial charge in [-0.25, -0.2) is 8.42 Å². The van der Waals surface area contributed by atoms with E-state index in [2.05, 4.69) is 23.2 Å². The molecule has 136 valence electrons. The van der Waals surface area contributed by atoms with E-state index in [-0.39, 0.29) is 0 Å². The summed E-state index contributed by atoms with van der Waals surface area (Å²) >= 11 is 0. The monoisotopic (exact) mass is 370 g/mol. The lowest BCUT2D eigenvalue weighted by Crippen LogP contribution is -2.37. The average molecular weight is 370 g/mol. The summed E-state index contributed by atoms with van der Waals surface area (Å²) in [6.07, 6.45) is 1.64. The number of methoxy groups -OCH3 is 1. The molecule has 0 spiro atoms. The molecule has 0 atom stereocenters. The average Bonchev–Trinajstić information content (AvgIpc) is 3.12. The summed E-state index contributed by atoms with van der Waals surface area (Å²) in [5.74, 6) is 1.02. The maximum absolute atomic E-state index is 12.8. The van der Waals surface area contributed by atoms with Crippen LogP contribution in [0.2, 0.25) is 0 Å². The van der Waals surface area contributed by atoms with Gasteiger partial charge in [0.2, 0.25) is 10.0 Å². The molecule has 0 amide bonds. The van der Waals surface area contributed by atoms with Crippen LogP contribution in [0.25, 0.3) is 10.9 Å². The topological polar surface area (TPSA) is 62.4 Å². The number of H-pyrrole nitrogens is 1. The van der Waals surface area contributed by atoms with Gasteiger partial charge in [0.25, 0.3) is 0 Å². The second-order valence-corrected chi connectivity index (χ2v) is 8.60. The number of hydrogen-bond donors (Lipinski definition) is 1. The Labute approximate surface area is 153 Å². The second-order valence-electron chi connectivity index (χ2n) is 6.67. The number of nitrogens with one attached hydrogen (secondary N) is 1. The fourth-order valence-corrected chi connectivity index (χ4v) is 5.09. The van der Waals surface area contributed by atoms with Crippen LogP contribution in [-0.2, 0) is 10.0 Å². The summed E-state index contributed by atoms with van der Waals surface area (Å²) in [4.78, 5) is 3.80. The zero-order valence-corrected chi connectivity index (χ0v) is 15.5. The van der Waals surface area contributed by atoms with Gasteiger partial charge in [0.1, 0.15) is 5.75 Å². The fourth-order valence-electron chi connectivity index (χ4n) is 3.62. The van der Waals surface area contributed by atoms with Crippen molar-refractivity contribution in [3.8, 4) is 5.75 Å². The molecule has 0 bridgehead atoms. The molecule has 3 aromatic rings. The highest BCUT2D eigenvalue weighted by Crippen LogP contribution is 2.32. The van der Waals surface area contributed by atoms with E-state index < -0.39 is 10.0 Å². The van der Waals surface area contributed by atoms with Gasteiger partial charge >= 0.3 is 0 Å². The Kier molecular flexibility index (Phi) is 4.46. The Bertz CT molecular complexity index is 968. The van der Waals surface area contributed by atoms with Gasteiger partial charge in [-0.3, -0.25) is 0 Å². The number of benzene rings is 2. The molecule has 5 nitrogen and oxygen atoms in total. The van der Waals surface area contributed by atoms with Crippen molar-refractivity contribution >= 4 is 20.9 Å². The number of ether oxygens (including phenoxy) is 1. The van der Waals surface area contributed by atoms with E-state index >= 15 is 0 Å². The van der Waals surface area contributed by atoms with E-state index in [0.29, 0.717) is 29.7 Å². The summed E-state index contributed by atoms with van der Waals surface area (Å²) in [7, 11) is -1.88. The number of sulfonamides is 1. The first kappa shape index (κ1) is 17.1. The number of piperidine rings is 1. The van der Waals surface area contributed by atoms with Gasteiger partial charge in [0, 0.05) is 30.2 Å². The molecule has 26 heavy (non-hydrogen) atoms. The molecule has 1 fully saturated rings. The molecule has 0 aliphatic carbocycles. The number of para-hydroxylation sites is 1. The summed E-state index contributed by atoms with van der Waals surface area (Å²) < 4.78 is 32.4. The van der Waals surface area contributed by atoms with Crippen molar-refractivity contribution in [2.45, 2.75) is 23.7 Å². The minimum atomic E-state index is -3.45. The molecule has 1 aliphatic rings. The molecular weight excluding hydrogens is 348 g/mol. The zero-order chi connectivity index (χ0) is 18.1. The van der Waals surface area contributed by atoms with Crippen LogP contribution >= 0.6 is 0 Å². The van der Waals surface area contributed by atoms with Crippen molar-refractivity contribution in [3.05, 3.63) is 60.3 Å². The van der Waals surface area contributed by atoms with E-state index in [9.17, 15) is 8.42 Å². The molecule has 6 heteroatoms. The number of nitrogens with zero attached hydrogens (tertiary/aromatic N) is 1. The van der Waals surface area contributed by atoms with Crippen molar-refractivity contribution in [1.82, 2.24) is 9.29 Å². The third kappa shape index (κ3) is 3.10. The Morgan fingerprint density at radius 2 is 1.73 bits per heavy atom. The van der Waals surface area contributed by atoms with Gasteiger partial charge in [-0.15, -0.1) is 0 Å². The lowest BCUT2D eigenvalue weighted by molar-refractivity contribution is 0.317. The first-order chi connectivity index (χ1) is 12.6. The van der Waals surface area contributed by atoms with Gasteiger partial charge in [-0.05, 0) is 54.6 Å². The Morgan fingerprint density at radius 3 is 2.38 bits per heavy atom. The first-order valence-electron chi connectivity index (χ1n) is 8.80. The van der Waals surface area contributed by atoms with Crippen molar-refractivity contribution in [2.24, 2.45) is 0 Å². The molecule has 1 aliphatic heterocycles. The summed E-state index contributed by atoms with van der Waals surface area (Å²) in [6.45, 7) is 1.07. The molecule has 0 saturated carbocycles. The smallest absolute Gasteiger partial charge is 0.243 e. The second kappa shape index (κ2) is 6.78. The zero-order valence-electron chi connectivity index (χ0n) is 14.7. The van der Waals surface area contributed by atoms with Crippen LogP contribution < -0.4 is 4.74 Å². The third-order valence-electron chi connectivity index (χ3n) is 5.14. The minimum Gasteiger partial charge on any atom is -0.497 e. The largest absolute Gasteiger partial charge is 0.497 e. The van der Waals surface area contributed by atoms with E-state index in [1.807, 2.05) is 12.1 Å². The molecule has 2 aromatic carbocycles. The van der Waals surface area contributed by atoms with Crippen LogP contribution in [0.4, 0.5) is 0 Å². The lowest BCUT2D eigenvalue weighted by Gasteiger charge is -2.30. The highest BCUT2D eigenvalue weighted by molar-refractivity contribution is 7.89. The molecule has 1 aromatic heterocycles. The van der Waals surface area contributed by atoms with Crippen LogP contribution in [0.1, 0.15) is 24.5 Å². The first-order valence-corrected chi connectivity index (χ1v) is 10.2. The molecular formula is C20H22N2O3S. The van der Waals surface area contributed by atoms with Gasteiger partial charge in [-0.1, -0.05) is 18.2 Å². The standard InChI is InChI=1S/C20H22N2O3S/c1-25-17-6-8-18(9-7-17)26(23,24)22-12-10-15(11-13-22)20-14-16-4-2-3-5-19(16)21-20/h2-9,14-15,21H,10-13H2,1H3. The minimum absolute atomic E-state index is 0.322. The van der Waals surface area contributed by atoms with Crippen LogP contribution in [0, 0.1) is 0 Å². The van der Waals surface area contributed by atoms with Crippen LogP contribution in [0.15, 0.2) is 59.5 Å². The van der Waals surface area contributed by atoms with Crippen molar-refractivity contribution in [1.29, 1.82) is 0 Å². The Hall–Kier alpha value is -2.31. The fraction of sp³-hybridized carbons (Fsp3) is 0.300. The highest BCUT2D eigenvalue weighted by Gasteiger charge is 2.30. The quantitative estimate of drug-likeness (QED) is 0.761. The number of aromatic amines is 1. The molecule has 1 N–H and O–H groups in total. The predicted molar refractivity (Wildman–Crippen MR) is 102 cm³/mol.